The van der Waals surface area contributed by atoms with Crippen molar-refractivity contribution in [2.45, 2.75) is 39.7 Å². The van der Waals surface area contributed by atoms with Crippen LogP contribution in [0.2, 0.25) is 5.15 Å². The number of hydrogen-bond donors (Lipinski definition) is 0. The van der Waals surface area contributed by atoms with E-state index < -0.39 is 0 Å². The van der Waals surface area contributed by atoms with E-state index in [1.54, 1.807) is 6.07 Å². The first kappa shape index (κ1) is 14.8. The van der Waals surface area contributed by atoms with Crippen molar-refractivity contribution < 1.29 is 4.74 Å². The molecule has 0 saturated heterocycles. The van der Waals surface area contributed by atoms with Crippen molar-refractivity contribution in [1.29, 1.82) is 0 Å². The minimum Gasteiger partial charge on any atom is -0.486 e. The molecular formula is C16H19ClN2O. The number of unbranched alkanes of at least 4 members (excludes halogenated alkanes) is 1. The molecule has 0 aliphatic carbocycles. The summed E-state index contributed by atoms with van der Waals surface area (Å²) in [6, 6.07) is 9.92. The van der Waals surface area contributed by atoms with E-state index in [0.717, 1.165) is 17.9 Å². The van der Waals surface area contributed by atoms with Crippen molar-refractivity contribution in [3.63, 3.8) is 0 Å². The van der Waals surface area contributed by atoms with Crippen LogP contribution in [-0.4, -0.2) is 9.97 Å². The van der Waals surface area contributed by atoms with Gasteiger partial charge in [0.25, 0.3) is 0 Å². The molecule has 1 heterocycles. The number of ether oxygens (including phenoxy) is 1. The minimum atomic E-state index is 0.329. The molecule has 1 aromatic heterocycles. The molecule has 0 bridgehead atoms. The summed E-state index contributed by atoms with van der Waals surface area (Å²) in [5.74, 6) is 1.43. The Morgan fingerprint density at radius 2 is 1.90 bits per heavy atom. The molecule has 0 atom stereocenters. The Kier molecular flexibility index (Phi) is 5.36. The standard InChI is InChI=1S/C16H19ClN2O/c1-3-4-5-13-6-8-14(9-7-13)20-11-16-18-12(2)10-15(17)19-16/h6-10H,3-5,11H2,1-2H3. The molecule has 1 aromatic carbocycles. The minimum absolute atomic E-state index is 0.329. The van der Waals surface area contributed by atoms with E-state index in [2.05, 4.69) is 29.0 Å². The summed E-state index contributed by atoms with van der Waals surface area (Å²) in [5, 5.41) is 0.450. The van der Waals surface area contributed by atoms with Crippen LogP contribution in [0.1, 0.15) is 36.8 Å². The third-order valence-electron chi connectivity index (χ3n) is 2.98. The van der Waals surface area contributed by atoms with Crippen molar-refractivity contribution in [2.24, 2.45) is 0 Å². The average Bonchev–Trinajstić information content (AvgIpc) is 2.43. The predicted molar refractivity (Wildman–Crippen MR) is 81.2 cm³/mol. The Labute approximate surface area is 125 Å². The van der Waals surface area contributed by atoms with Crippen molar-refractivity contribution in [3.05, 3.63) is 52.6 Å². The van der Waals surface area contributed by atoms with E-state index in [0.29, 0.717) is 17.6 Å². The van der Waals surface area contributed by atoms with Crippen LogP contribution in [-0.2, 0) is 13.0 Å². The summed E-state index contributed by atoms with van der Waals surface area (Å²) in [7, 11) is 0. The average molecular weight is 291 g/mol. The molecule has 0 amide bonds. The van der Waals surface area contributed by atoms with Gasteiger partial charge in [0, 0.05) is 5.69 Å². The van der Waals surface area contributed by atoms with E-state index in [9.17, 15) is 0 Å². The highest BCUT2D eigenvalue weighted by Crippen LogP contribution is 2.15. The summed E-state index contributed by atoms with van der Waals surface area (Å²) < 4.78 is 5.68. The summed E-state index contributed by atoms with van der Waals surface area (Å²) in [6.07, 6.45) is 3.55. The molecule has 0 N–H and O–H groups in total. The van der Waals surface area contributed by atoms with Gasteiger partial charge in [0.1, 0.15) is 17.5 Å². The van der Waals surface area contributed by atoms with E-state index in [1.807, 2.05) is 19.1 Å². The molecule has 3 nitrogen and oxygen atoms in total. The third-order valence-corrected chi connectivity index (χ3v) is 3.17. The molecule has 0 aliphatic heterocycles. The van der Waals surface area contributed by atoms with Gasteiger partial charge in [-0.05, 0) is 43.5 Å². The van der Waals surface area contributed by atoms with Crippen LogP contribution >= 0.6 is 11.6 Å². The Balaban J connectivity index is 1.93. The first-order chi connectivity index (χ1) is 9.67. The quantitative estimate of drug-likeness (QED) is 0.742. The maximum atomic E-state index is 5.89. The molecular weight excluding hydrogens is 272 g/mol. The van der Waals surface area contributed by atoms with Gasteiger partial charge in [-0.1, -0.05) is 37.1 Å². The second kappa shape index (κ2) is 7.25. The van der Waals surface area contributed by atoms with Crippen LogP contribution < -0.4 is 4.74 Å². The van der Waals surface area contributed by atoms with Gasteiger partial charge in [-0.15, -0.1) is 0 Å². The van der Waals surface area contributed by atoms with Crippen LogP contribution in [0.15, 0.2) is 30.3 Å². The lowest BCUT2D eigenvalue weighted by molar-refractivity contribution is 0.295. The number of benzene rings is 1. The zero-order valence-corrected chi connectivity index (χ0v) is 12.7. The van der Waals surface area contributed by atoms with E-state index in [-0.39, 0.29) is 0 Å². The first-order valence-electron chi connectivity index (χ1n) is 6.89. The van der Waals surface area contributed by atoms with Gasteiger partial charge in [0.05, 0.1) is 0 Å². The third kappa shape index (κ3) is 4.49. The SMILES string of the molecule is CCCCc1ccc(OCc2nc(C)cc(Cl)n2)cc1. The molecule has 0 radical (unpaired) electrons. The fourth-order valence-corrected chi connectivity index (χ4v) is 2.19. The summed E-state index contributed by atoms with van der Waals surface area (Å²) in [5.41, 5.74) is 2.19. The maximum absolute atomic E-state index is 5.89. The molecule has 2 rings (SSSR count). The first-order valence-corrected chi connectivity index (χ1v) is 7.27. The fraction of sp³-hybridized carbons (Fsp3) is 0.375. The normalized spacial score (nSPS) is 10.6. The van der Waals surface area contributed by atoms with Gasteiger partial charge in [-0.25, -0.2) is 9.97 Å². The maximum Gasteiger partial charge on any atom is 0.167 e. The van der Waals surface area contributed by atoms with Crippen LogP contribution in [0.25, 0.3) is 0 Å². The van der Waals surface area contributed by atoms with Gasteiger partial charge >= 0.3 is 0 Å². The second-order valence-electron chi connectivity index (χ2n) is 4.78. The zero-order valence-electron chi connectivity index (χ0n) is 11.9. The van der Waals surface area contributed by atoms with Crippen molar-refractivity contribution in [3.8, 4) is 5.75 Å². The van der Waals surface area contributed by atoms with Crippen LogP contribution in [0.5, 0.6) is 5.75 Å². The van der Waals surface area contributed by atoms with Crippen molar-refractivity contribution >= 4 is 11.6 Å². The van der Waals surface area contributed by atoms with Crippen LogP contribution in [0.4, 0.5) is 0 Å². The Morgan fingerprint density at radius 1 is 1.15 bits per heavy atom. The van der Waals surface area contributed by atoms with Crippen LogP contribution in [0.3, 0.4) is 0 Å². The Morgan fingerprint density at radius 3 is 2.55 bits per heavy atom. The van der Waals surface area contributed by atoms with Gasteiger partial charge < -0.3 is 4.74 Å². The number of hydrogen-bond acceptors (Lipinski definition) is 3. The highest BCUT2D eigenvalue weighted by Gasteiger charge is 2.02. The highest BCUT2D eigenvalue weighted by atomic mass is 35.5. The van der Waals surface area contributed by atoms with Gasteiger partial charge in [-0.3, -0.25) is 0 Å². The molecule has 0 aliphatic rings. The number of nitrogens with zero attached hydrogens (tertiary/aromatic N) is 2. The fourth-order valence-electron chi connectivity index (χ4n) is 1.93. The van der Waals surface area contributed by atoms with Crippen molar-refractivity contribution in [1.82, 2.24) is 9.97 Å². The summed E-state index contributed by atoms with van der Waals surface area (Å²) in [4.78, 5) is 8.42. The predicted octanol–water partition coefficient (Wildman–Crippen LogP) is 4.36. The van der Waals surface area contributed by atoms with Crippen molar-refractivity contribution in [2.75, 3.05) is 0 Å². The topological polar surface area (TPSA) is 35.0 Å². The lowest BCUT2D eigenvalue weighted by Crippen LogP contribution is -2.02. The molecule has 2 aromatic rings. The molecule has 0 spiro atoms. The number of aryl methyl sites for hydroxylation is 2. The molecule has 0 saturated carbocycles. The lowest BCUT2D eigenvalue weighted by Gasteiger charge is -2.07. The van der Waals surface area contributed by atoms with E-state index >= 15 is 0 Å². The lowest BCUT2D eigenvalue weighted by atomic mass is 10.1. The molecule has 20 heavy (non-hydrogen) atoms. The van der Waals surface area contributed by atoms with Gasteiger partial charge in [0.2, 0.25) is 0 Å². The van der Waals surface area contributed by atoms with E-state index in [1.165, 1.54) is 18.4 Å². The summed E-state index contributed by atoms with van der Waals surface area (Å²) >= 11 is 5.89. The Bertz CT molecular complexity index is 535. The van der Waals surface area contributed by atoms with Gasteiger partial charge in [0.15, 0.2) is 5.82 Å². The second-order valence-corrected chi connectivity index (χ2v) is 5.17. The van der Waals surface area contributed by atoms with E-state index in [4.69, 9.17) is 16.3 Å². The molecule has 106 valence electrons. The number of aromatic nitrogens is 2. The molecule has 0 fully saturated rings. The Hall–Kier alpha value is -1.61. The largest absolute Gasteiger partial charge is 0.486 e. The van der Waals surface area contributed by atoms with Crippen LogP contribution in [0, 0.1) is 6.92 Å². The van der Waals surface area contributed by atoms with Gasteiger partial charge in [-0.2, -0.15) is 0 Å². The smallest absolute Gasteiger partial charge is 0.167 e. The molecule has 0 unspecified atom stereocenters. The monoisotopic (exact) mass is 290 g/mol. The number of rotatable bonds is 6. The highest BCUT2D eigenvalue weighted by molar-refractivity contribution is 6.29. The summed E-state index contributed by atoms with van der Waals surface area (Å²) in [6.45, 7) is 4.42. The number of halogens is 1. The molecule has 4 heteroatoms. The zero-order chi connectivity index (χ0) is 14.4.